The minimum absolute atomic E-state index is 0.0566. The Bertz CT molecular complexity index is 641. The molecule has 5 heteroatoms. The lowest BCUT2D eigenvalue weighted by atomic mass is 10.1. The SMILES string of the molecule is C=CC(=O)N(C)c1ccc(C(=O)N(CC(C)C#N)C2CC2)cc1. The first-order chi connectivity index (χ1) is 11.0. The van der Waals surface area contributed by atoms with Gasteiger partial charge < -0.3 is 9.80 Å². The molecule has 1 unspecified atom stereocenters. The summed E-state index contributed by atoms with van der Waals surface area (Å²) in [7, 11) is 1.66. The van der Waals surface area contributed by atoms with Crippen LogP contribution in [0.5, 0.6) is 0 Å². The topological polar surface area (TPSA) is 64.4 Å². The second kappa shape index (κ2) is 7.10. The highest BCUT2D eigenvalue weighted by Crippen LogP contribution is 2.29. The van der Waals surface area contributed by atoms with Gasteiger partial charge in [-0.15, -0.1) is 0 Å². The molecule has 1 aliphatic rings. The van der Waals surface area contributed by atoms with E-state index in [9.17, 15) is 9.59 Å². The molecule has 1 aromatic carbocycles. The molecule has 0 heterocycles. The monoisotopic (exact) mass is 311 g/mol. The van der Waals surface area contributed by atoms with E-state index < -0.39 is 0 Å². The van der Waals surface area contributed by atoms with Crippen LogP contribution < -0.4 is 4.90 Å². The summed E-state index contributed by atoms with van der Waals surface area (Å²) in [6.45, 7) is 5.74. The molecule has 0 aromatic heterocycles. The minimum atomic E-state index is -0.202. The fourth-order valence-electron chi connectivity index (χ4n) is 2.38. The van der Waals surface area contributed by atoms with E-state index in [4.69, 9.17) is 5.26 Å². The molecular weight excluding hydrogens is 290 g/mol. The van der Waals surface area contributed by atoms with Crippen molar-refractivity contribution in [1.29, 1.82) is 5.26 Å². The Morgan fingerprint density at radius 3 is 2.48 bits per heavy atom. The molecule has 1 saturated carbocycles. The van der Waals surface area contributed by atoms with Crippen LogP contribution in [0, 0.1) is 17.2 Å². The fraction of sp³-hybridized carbons (Fsp3) is 0.389. The summed E-state index contributed by atoms with van der Waals surface area (Å²) in [5.74, 6) is -0.444. The molecule has 23 heavy (non-hydrogen) atoms. The van der Waals surface area contributed by atoms with Gasteiger partial charge in [-0.1, -0.05) is 6.58 Å². The third-order valence-corrected chi connectivity index (χ3v) is 3.95. The number of hydrogen-bond donors (Lipinski definition) is 0. The number of amides is 2. The average molecular weight is 311 g/mol. The molecule has 5 nitrogen and oxygen atoms in total. The largest absolute Gasteiger partial charge is 0.334 e. The highest BCUT2D eigenvalue weighted by Gasteiger charge is 2.33. The van der Waals surface area contributed by atoms with Crippen LogP contribution in [0.3, 0.4) is 0 Å². The van der Waals surface area contributed by atoms with Crippen LogP contribution in [0.15, 0.2) is 36.9 Å². The van der Waals surface area contributed by atoms with Crippen LogP contribution >= 0.6 is 0 Å². The molecule has 0 N–H and O–H groups in total. The molecule has 0 aliphatic heterocycles. The van der Waals surface area contributed by atoms with Gasteiger partial charge in [-0.2, -0.15) is 5.26 Å². The number of carbonyl (C=O) groups is 2. The van der Waals surface area contributed by atoms with Crippen LogP contribution in [0.25, 0.3) is 0 Å². The van der Waals surface area contributed by atoms with E-state index in [1.165, 1.54) is 11.0 Å². The molecule has 2 rings (SSSR count). The maximum absolute atomic E-state index is 12.7. The summed E-state index contributed by atoms with van der Waals surface area (Å²) < 4.78 is 0. The maximum atomic E-state index is 12.7. The van der Waals surface area contributed by atoms with Gasteiger partial charge in [0.1, 0.15) is 0 Å². The fourth-order valence-corrected chi connectivity index (χ4v) is 2.38. The molecule has 1 aromatic rings. The number of likely N-dealkylation sites (N-methyl/N-ethyl adjacent to an activating group) is 1. The number of nitrogens with zero attached hydrogens (tertiary/aromatic N) is 3. The second-order valence-corrected chi connectivity index (χ2v) is 5.87. The van der Waals surface area contributed by atoms with E-state index in [0.29, 0.717) is 17.8 Å². The average Bonchev–Trinajstić information content (AvgIpc) is 3.42. The van der Waals surface area contributed by atoms with Gasteiger partial charge in [0.05, 0.1) is 12.0 Å². The highest BCUT2D eigenvalue weighted by atomic mass is 16.2. The van der Waals surface area contributed by atoms with Gasteiger partial charge in [-0.3, -0.25) is 9.59 Å². The summed E-state index contributed by atoms with van der Waals surface area (Å²) >= 11 is 0. The molecule has 0 spiro atoms. The van der Waals surface area contributed by atoms with Crippen molar-refractivity contribution in [3.8, 4) is 6.07 Å². The number of rotatable bonds is 6. The summed E-state index contributed by atoms with van der Waals surface area (Å²) in [5.41, 5.74) is 1.28. The van der Waals surface area contributed by atoms with E-state index in [0.717, 1.165) is 12.8 Å². The van der Waals surface area contributed by atoms with Crippen molar-refractivity contribution in [1.82, 2.24) is 4.90 Å². The Hall–Kier alpha value is -2.61. The zero-order valence-electron chi connectivity index (χ0n) is 13.5. The lowest BCUT2D eigenvalue weighted by Crippen LogP contribution is -2.36. The minimum Gasteiger partial charge on any atom is -0.334 e. The van der Waals surface area contributed by atoms with Gasteiger partial charge in [-0.05, 0) is 50.1 Å². The Balaban J connectivity index is 2.14. The summed E-state index contributed by atoms with van der Waals surface area (Å²) in [6, 6.07) is 9.36. The second-order valence-electron chi connectivity index (χ2n) is 5.87. The van der Waals surface area contributed by atoms with Crippen LogP contribution in [-0.2, 0) is 4.79 Å². The van der Waals surface area contributed by atoms with Gasteiger partial charge in [0, 0.05) is 30.9 Å². The van der Waals surface area contributed by atoms with E-state index in [1.54, 1.807) is 36.2 Å². The first kappa shape index (κ1) is 16.8. The Morgan fingerprint density at radius 1 is 1.39 bits per heavy atom. The molecule has 0 radical (unpaired) electrons. The van der Waals surface area contributed by atoms with Gasteiger partial charge >= 0.3 is 0 Å². The van der Waals surface area contributed by atoms with Crippen molar-refractivity contribution < 1.29 is 9.59 Å². The van der Waals surface area contributed by atoms with Crippen molar-refractivity contribution in [2.24, 2.45) is 5.92 Å². The number of anilines is 1. The first-order valence-corrected chi connectivity index (χ1v) is 7.68. The Morgan fingerprint density at radius 2 is 2.00 bits per heavy atom. The number of benzene rings is 1. The van der Waals surface area contributed by atoms with Crippen molar-refractivity contribution in [2.75, 3.05) is 18.5 Å². The predicted molar refractivity (Wildman–Crippen MR) is 88.9 cm³/mol. The van der Waals surface area contributed by atoms with Crippen LogP contribution in [-0.4, -0.2) is 36.3 Å². The molecule has 1 atom stereocenters. The zero-order chi connectivity index (χ0) is 17.0. The predicted octanol–water partition coefficient (Wildman–Crippen LogP) is 2.60. The van der Waals surface area contributed by atoms with E-state index in [-0.39, 0.29) is 23.8 Å². The Kier molecular flexibility index (Phi) is 5.17. The quantitative estimate of drug-likeness (QED) is 0.759. The summed E-state index contributed by atoms with van der Waals surface area (Å²) in [5, 5.41) is 8.98. The van der Waals surface area contributed by atoms with Crippen molar-refractivity contribution in [3.05, 3.63) is 42.5 Å². The molecule has 1 fully saturated rings. The maximum Gasteiger partial charge on any atom is 0.254 e. The number of carbonyl (C=O) groups excluding carboxylic acids is 2. The third kappa shape index (κ3) is 3.98. The molecule has 0 bridgehead atoms. The first-order valence-electron chi connectivity index (χ1n) is 7.68. The van der Waals surface area contributed by atoms with E-state index in [2.05, 4.69) is 12.6 Å². The normalized spacial score (nSPS) is 14.5. The highest BCUT2D eigenvalue weighted by molar-refractivity contribution is 6.01. The molecule has 0 saturated heterocycles. The van der Waals surface area contributed by atoms with Crippen molar-refractivity contribution in [2.45, 2.75) is 25.8 Å². The third-order valence-electron chi connectivity index (χ3n) is 3.95. The van der Waals surface area contributed by atoms with Crippen LogP contribution in [0.2, 0.25) is 0 Å². The molecule has 2 amide bonds. The molecule has 1 aliphatic carbocycles. The number of nitriles is 1. The summed E-state index contributed by atoms with van der Waals surface area (Å²) in [6.07, 6.45) is 3.24. The Labute approximate surface area is 136 Å². The zero-order valence-corrected chi connectivity index (χ0v) is 13.5. The summed E-state index contributed by atoms with van der Waals surface area (Å²) in [4.78, 5) is 27.5. The van der Waals surface area contributed by atoms with E-state index >= 15 is 0 Å². The van der Waals surface area contributed by atoms with Gasteiger partial charge in [0.15, 0.2) is 0 Å². The molecule has 120 valence electrons. The van der Waals surface area contributed by atoms with E-state index in [1.807, 2.05) is 6.92 Å². The standard InChI is InChI=1S/C18H21N3O2/c1-4-17(22)20(3)15-7-5-14(6-8-15)18(23)21(16-9-10-16)12-13(2)11-19/h4-8,13,16H,1,9-10,12H2,2-3H3. The smallest absolute Gasteiger partial charge is 0.254 e. The van der Waals surface area contributed by atoms with Crippen molar-refractivity contribution >= 4 is 17.5 Å². The van der Waals surface area contributed by atoms with Crippen LogP contribution in [0.1, 0.15) is 30.1 Å². The van der Waals surface area contributed by atoms with Crippen LogP contribution in [0.4, 0.5) is 5.69 Å². The molecular formula is C18H21N3O2. The van der Waals surface area contributed by atoms with Gasteiger partial charge in [0.25, 0.3) is 5.91 Å². The van der Waals surface area contributed by atoms with Gasteiger partial charge in [0.2, 0.25) is 5.91 Å². The lowest BCUT2D eigenvalue weighted by Gasteiger charge is -2.24. The number of hydrogen-bond acceptors (Lipinski definition) is 3. The van der Waals surface area contributed by atoms with Gasteiger partial charge in [-0.25, -0.2) is 0 Å². The lowest BCUT2D eigenvalue weighted by molar-refractivity contribution is -0.113. The van der Waals surface area contributed by atoms with Crippen molar-refractivity contribution in [3.63, 3.8) is 0 Å².